The number of hydrogen-bond acceptors (Lipinski definition) is 4. The lowest BCUT2D eigenvalue weighted by Crippen LogP contribution is -2.50. The van der Waals surface area contributed by atoms with Crippen molar-refractivity contribution < 1.29 is 19.8 Å². The molecule has 0 aromatic heterocycles. The Bertz CT molecular complexity index is 217. The van der Waals surface area contributed by atoms with Crippen molar-refractivity contribution in [3.05, 3.63) is 0 Å². The molecule has 2 amide bonds. The van der Waals surface area contributed by atoms with E-state index in [0.717, 1.165) is 0 Å². The van der Waals surface area contributed by atoms with Crippen molar-refractivity contribution >= 4 is 11.8 Å². The lowest BCUT2D eigenvalue weighted by molar-refractivity contribution is -0.146. The van der Waals surface area contributed by atoms with Crippen LogP contribution in [0.5, 0.6) is 0 Å². The largest absolute Gasteiger partial charge is 0.380 e. The third-order valence-electron chi connectivity index (χ3n) is 1.51. The van der Waals surface area contributed by atoms with Gasteiger partial charge in [0.15, 0.2) is 12.2 Å². The van der Waals surface area contributed by atoms with Gasteiger partial charge >= 0.3 is 0 Å². The minimum Gasteiger partial charge on any atom is -0.380 e. The molecule has 0 fully saturated rings. The smallest absolute Gasteiger partial charge is 0.252 e. The number of carbonyl (C=O) groups is 2. The number of nitrogens with one attached hydrogen (secondary N) is 2. The lowest BCUT2D eigenvalue weighted by atomic mass is 10.1. The summed E-state index contributed by atoms with van der Waals surface area (Å²) < 4.78 is 0. The molecule has 0 rings (SSSR count). The highest BCUT2D eigenvalue weighted by molar-refractivity contribution is 5.90. The average molecular weight is 204 g/mol. The molecule has 2 unspecified atom stereocenters. The summed E-state index contributed by atoms with van der Waals surface area (Å²) in [7, 11) is 1.30. The summed E-state index contributed by atoms with van der Waals surface area (Å²) in [6, 6.07) is -0.158. The summed E-state index contributed by atoms with van der Waals surface area (Å²) in [5.41, 5.74) is 0. The molecule has 0 aliphatic carbocycles. The molecule has 6 nitrogen and oxygen atoms in total. The van der Waals surface area contributed by atoms with Gasteiger partial charge in [-0.15, -0.1) is 0 Å². The van der Waals surface area contributed by atoms with Crippen LogP contribution in [0.15, 0.2) is 0 Å². The molecule has 0 aliphatic rings. The zero-order valence-corrected chi connectivity index (χ0v) is 8.44. The molecule has 0 heterocycles. The van der Waals surface area contributed by atoms with E-state index in [9.17, 15) is 14.7 Å². The van der Waals surface area contributed by atoms with Gasteiger partial charge in [-0.3, -0.25) is 9.59 Å². The van der Waals surface area contributed by atoms with Crippen LogP contribution in [-0.4, -0.2) is 47.3 Å². The molecule has 82 valence electrons. The molecular weight excluding hydrogens is 188 g/mol. The number of hydrogen-bond donors (Lipinski definition) is 4. The summed E-state index contributed by atoms with van der Waals surface area (Å²) in [5, 5.41) is 22.9. The van der Waals surface area contributed by atoms with Crippen molar-refractivity contribution in [2.45, 2.75) is 32.1 Å². The van der Waals surface area contributed by atoms with E-state index in [1.54, 1.807) is 13.8 Å². The second-order valence-corrected chi connectivity index (χ2v) is 3.17. The topological polar surface area (TPSA) is 98.7 Å². The molecule has 0 spiro atoms. The summed E-state index contributed by atoms with van der Waals surface area (Å²) in [5.74, 6) is -1.56. The van der Waals surface area contributed by atoms with Gasteiger partial charge in [-0.05, 0) is 13.8 Å². The molecule has 0 aromatic carbocycles. The van der Waals surface area contributed by atoms with Gasteiger partial charge in [-0.1, -0.05) is 0 Å². The predicted octanol–water partition coefficient (Wildman–Crippen LogP) is -2.02. The monoisotopic (exact) mass is 204 g/mol. The second-order valence-electron chi connectivity index (χ2n) is 3.17. The Morgan fingerprint density at radius 2 is 1.50 bits per heavy atom. The minimum atomic E-state index is -1.74. The number of aliphatic hydroxyl groups excluding tert-OH is 2. The lowest BCUT2D eigenvalue weighted by Gasteiger charge is -2.17. The standard InChI is InChI=1S/C8H16N2O4/c1-4(2)10-8(14)6(12)5(11)7(13)9-3/h4-6,11-12H,1-3H3,(H,9,13)(H,10,14). The SMILES string of the molecule is CNC(=O)C(O)C(O)C(=O)NC(C)C. The molecule has 4 N–H and O–H groups in total. The molecule has 6 heteroatoms. The molecule has 0 bridgehead atoms. The number of aliphatic hydroxyl groups is 2. The fourth-order valence-corrected chi connectivity index (χ4v) is 0.805. The van der Waals surface area contributed by atoms with Gasteiger partial charge in [-0.25, -0.2) is 0 Å². The van der Waals surface area contributed by atoms with Gasteiger partial charge in [-0.2, -0.15) is 0 Å². The number of amides is 2. The maximum Gasteiger partial charge on any atom is 0.252 e. The molecule has 0 saturated carbocycles. The Hall–Kier alpha value is -1.14. The highest BCUT2D eigenvalue weighted by Gasteiger charge is 2.29. The summed E-state index contributed by atoms with van der Waals surface area (Å²) in [4.78, 5) is 22.0. The maximum atomic E-state index is 11.1. The van der Waals surface area contributed by atoms with Crippen LogP contribution in [0, 0.1) is 0 Å². The normalized spacial score (nSPS) is 14.7. The van der Waals surface area contributed by atoms with Crippen molar-refractivity contribution in [3.8, 4) is 0 Å². The maximum absolute atomic E-state index is 11.1. The Labute approximate surface area is 82.3 Å². The molecule has 0 saturated heterocycles. The first-order valence-electron chi connectivity index (χ1n) is 4.28. The first-order chi connectivity index (χ1) is 6.40. The van der Waals surface area contributed by atoms with Crippen molar-refractivity contribution in [1.29, 1.82) is 0 Å². The zero-order valence-electron chi connectivity index (χ0n) is 8.44. The summed E-state index contributed by atoms with van der Waals surface area (Å²) >= 11 is 0. The van der Waals surface area contributed by atoms with Crippen molar-refractivity contribution in [2.75, 3.05) is 7.05 Å². The first kappa shape index (κ1) is 12.9. The van der Waals surface area contributed by atoms with Crippen LogP contribution < -0.4 is 10.6 Å². The molecule has 14 heavy (non-hydrogen) atoms. The first-order valence-corrected chi connectivity index (χ1v) is 4.28. The number of carbonyl (C=O) groups excluding carboxylic acids is 2. The van der Waals surface area contributed by atoms with E-state index in [1.807, 2.05) is 0 Å². The zero-order chi connectivity index (χ0) is 11.3. The molecular formula is C8H16N2O4. The van der Waals surface area contributed by atoms with Gasteiger partial charge in [0, 0.05) is 13.1 Å². The van der Waals surface area contributed by atoms with E-state index in [2.05, 4.69) is 10.6 Å². The molecule has 0 aliphatic heterocycles. The number of likely N-dealkylation sites (N-methyl/N-ethyl adjacent to an activating group) is 1. The van der Waals surface area contributed by atoms with Crippen molar-refractivity contribution in [2.24, 2.45) is 0 Å². The minimum absolute atomic E-state index is 0.158. The van der Waals surface area contributed by atoms with Crippen LogP contribution in [0.3, 0.4) is 0 Å². The third-order valence-corrected chi connectivity index (χ3v) is 1.51. The molecule has 0 radical (unpaired) electrons. The second kappa shape index (κ2) is 5.56. The van der Waals surface area contributed by atoms with E-state index >= 15 is 0 Å². The quantitative estimate of drug-likeness (QED) is 0.425. The van der Waals surface area contributed by atoms with Gasteiger partial charge in [0.1, 0.15) is 0 Å². The van der Waals surface area contributed by atoms with Gasteiger partial charge in [0.05, 0.1) is 0 Å². The Kier molecular flexibility index (Phi) is 5.11. The van der Waals surface area contributed by atoms with Gasteiger partial charge < -0.3 is 20.8 Å². The fraction of sp³-hybridized carbons (Fsp3) is 0.750. The fourth-order valence-electron chi connectivity index (χ4n) is 0.805. The van der Waals surface area contributed by atoms with Crippen molar-refractivity contribution in [1.82, 2.24) is 10.6 Å². The predicted molar refractivity (Wildman–Crippen MR) is 49.4 cm³/mol. The van der Waals surface area contributed by atoms with E-state index in [4.69, 9.17) is 5.11 Å². The van der Waals surface area contributed by atoms with Crippen LogP contribution in [0.1, 0.15) is 13.8 Å². The van der Waals surface area contributed by atoms with Crippen LogP contribution in [-0.2, 0) is 9.59 Å². The van der Waals surface area contributed by atoms with Crippen LogP contribution >= 0.6 is 0 Å². The van der Waals surface area contributed by atoms with Crippen LogP contribution in [0.2, 0.25) is 0 Å². The molecule has 0 aromatic rings. The van der Waals surface area contributed by atoms with E-state index in [1.165, 1.54) is 7.05 Å². The third kappa shape index (κ3) is 3.71. The number of rotatable bonds is 4. The van der Waals surface area contributed by atoms with E-state index < -0.39 is 24.0 Å². The molecule has 2 atom stereocenters. The highest BCUT2D eigenvalue weighted by Crippen LogP contribution is 1.94. The van der Waals surface area contributed by atoms with E-state index in [0.29, 0.717) is 0 Å². The van der Waals surface area contributed by atoms with Crippen LogP contribution in [0.4, 0.5) is 0 Å². The summed E-state index contributed by atoms with van der Waals surface area (Å²) in [6.07, 6.45) is -3.48. The Morgan fingerprint density at radius 3 is 1.86 bits per heavy atom. The van der Waals surface area contributed by atoms with E-state index in [-0.39, 0.29) is 6.04 Å². The Morgan fingerprint density at radius 1 is 1.07 bits per heavy atom. The van der Waals surface area contributed by atoms with Crippen LogP contribution in [0.25, 0.3) is 0 Å². The average Bonchev–Trinajstić information content (AvgIpc) is 2.13. The highest BCUT2D eigenvalue weighted by atomic mass is 16.3. The summed E-state index contributed by atoms with van der Waals surface area (Å²) in [6.45, 7) is 3.41. The van der Waals surface area contributed by atoms with Gasteiger partial charge in [0.2, 0.25) is 0 Å². The van der Waals surface area contributed by atoms with Gasteiger partial charge in [0.25, 0.3) is 11.8 Å². The van der Waals surface area contributed by atoms with Crippen molar-refractivity contribution in [3.63, 3.8) is 0 Å². The Balaban J connectivity index is 4.24.